The molecule has 9 nitrogen and oxygen atoms in total. The van der Waals surface area contributed by atoms with Crippen LogP contribution in [0.2, 0.25) is 0 Å². The second-order valence-corrected chi connectivity index (χ2v) is 9.29. The quantitative estimate of drug-likeness (QED) is 0.451. The Hall–Kier alpha value is -3.71. The first-order valence-electron chi connectivity index (χ1n) is 9.56. The number of hydrogen-bond donors (Lipinski definition) is 0. The third kappa shape index (κ3) is 3.87. The van der Waals surface area contributed by atoms with Gasteiger partial charge in [0.1, 0.15) is 6.07 Å². The van der Waals surface area contributed by atoms with E-state index >= 15 is 0 Å². The van der Waals surface area contributed by atoms with E-state index in [-0.39, 0.29) is 10.6 Å². The summed E-state index contributed by atoms with van der Waals surface area (Å²) in [6.45, 7) is 2.12. The van der Waals surface area contributed by atoms with Crippen LogP contribution in [0, 0.1) is 21.4 Å². The molecule has 0 spiro atoms. The highest BCUT2D eigenvalue weighted by molar-refractivity contribution is 7.90. The second-order valence-electron chi connectivity index (χ2n) is 7.30. The molecule has 0 atom stereocenters. The van der Waals surface area contributed by atoms with E-state index in [1.807, 2.05) is 29.2 Å². The number of rotatable bonds is 4. The molecule has 4 rings (SSSR count). The smallest absolute Gasteiger partial charge is 0.270 e. The average molecular weight is 437 g/mol. The van der Waals surface area contributed by atoms with Crippen molar-refractivity contribution >= 4 is 37.8 Å². The lowest BCUT2D eigenvalue weighted by molar-refractivity contribution is -0.385. The Balaban J connectivity index is 1.66. The zero-order chi connectivity index (χ0) is 22.2. The molecule has 1 saturated heterocycles. The molecule has 158 valence electrons. The van der Waals surface area contributed by atoms with Crippen LogP contribution in [0.1, 0.15) is 5.56 Å². The van der Waals surface area contributed by atoms with Crippen LogP contribution in [0.4, 0.5) is 17.1 Å². The van der Waals surface area contributed by atoms with Gasteiger partial charge in [0, 0.05) is 56.2 Å². The van der Waals surface area contributed by atoms with Crippen LogP contribution in [-0.4, -0.2) is 50.8 Å². The number of para-hydroxylation sites is 1. The maximum absolute atomic E-state index is 12.3. The van der Waals surface area contributed by atoms with Gasteiger partial charge in [-0.3, -0.25) is 15.1 Å². The van der Waals surface area contributed by atoms with Gasteiger partial charge in [0.2, 0.25) is 0 Å². The van der Waals surface area contributed by atoms with E-state index in [4.69, 9.17) is 0 Å². The molecule has 0 unspecified atom stereocenters. The Morgan fingerprint density at radius 2 is 1.77 bits per heavy atom. The van der Waals surface area contributed by atoms with E-state index < -0.39 is 14.8 Å². The summed E-state index contributed by atoms with van der Waals surface area (Å²) in [5, 5.41) is 21.6. The number of nitriles is 1. The van der Waals surface area contributed by atoms with Crippen LogP contribution >= 0.6 is 0 Å². The fourth-order valence-electron chi connectivity index (χ4n) is 3.89. The molecule has 0 saturated carbocycles. The van der Waals surface area contributed by atoms with Crippen LogP contribution in [0.15, 0.2) is 53.6 Å². The van der Waals surface area contributed by atoms with Crippen LogP contribution in [0.25, 0.3) is 10.9 Å². The Labute approximate surface area is 179 Å². The number of pyridine rings is 1. The molecule has 1 fully saturated rings. The number of non-ortho nitro benzene ring substituents is 1. The summed E-state index contributed by atoms with van der Waals surface area (Å²) in [4.78, 5) is 18.8. The molecular formula is C21H19N5O4S. The number of benzene rings is 2. The topological polar surface area (TPSA) is 120 Å². The average Bonchev–Trinajstić information content (AvgIpc) is 2.77. The first-order valence-corrected chi connectivity index (χ1v) is 11.4. The Morgan fingerprint density at radius 3 is 2.42 bits per heavy atom. The molecular weight excluding hydrogens is 418 g/mol. The molecule has 3 aromatic rings. The van der Waals surface area contributed by atoms with Gasteiger partial charge in [-0.1, -0.05) is 18.2 Å². The van der Waals surface area contributed by atoms with Gasteiger partial charge in [-0.05, 0) is 12.1 Å². The van der Waals surface area contributed by atoms with Crippen molar-refractivity contribution in [1.29, 1.82) is 5.26 Å². The first kappa shape index (κ1) is 20.6. The molecule has 0 aliphatic carbocycles. The van der Waals surface area contributed by atoms with Crippen molar-refractivity contribution < 1.29 is 13.3 Å². The van der Waals surface area contributed by atoms with E-state index in [0.717, 1.165) is 28.9 Å². The second kappa shape index (κ2) is 7.85. The van der Waals surface area contributed by atoms with E-state index in [1.54, 1.807) is 6.20 Å². The third-order valence-corrected chi connectivity index (χ3v) is 6.48. The van der Waals surface area contributed by atoms with E-state index in [9.17, 15) is 23.8 Å². The van der Waals surface area contributed by atoms with Gasteiger partial charge in [-0.2, -0.15) is 5.26 Å². The summed E-state index contributed by atoms with van der Waals surface area (Å²) in [6, 6.07) is 13.8. The highest BCUT2D eigenvalue weighted by atomic mass is 32.2. The minimum Gasteiger partial charge on any atom is -0.367 e. The number of sulfone groups is 1. The predicted octanol–water partition coefficient (Wildman–Crippen LogP) is 2.74. The van der Waals surface area contributed by atoms with Crippen molar-refractivity contribution in [2.24, 2.45) is 0 Å². The molecule has 31 heavy (non-hydrogen) atoms. The lowest BCUT2D eigenvalue weighted by atomic mass is 10.1. The molecule has 1 aliphatic rings. The summed E-state index contributed by atoms with van der Waals surface area (Å²) in [6.07, 6.45) is 2.62. The molecule has 0 N–H and O–H groups in total. The molecule has 1 aromatic heterocycles. The highest BCUT2D eigenvalue weighted by Crippen LogP contribution is 2.33. The third-order valence-electron chi connectivity index (χ3n) is 5.36. The van der Waals surface area contributed by atoms with Crippen molar-refractivity contribution in [1.82, 2.24) is 4.98 Å². The minimum absolute atomic E-state index is 0.0535. The summed E-state index contributed by atoms with van der Waals surface area (Å²) < 4.78 is 24.6. The summed E-state index contributed by atoms with van der Waals surface area (Å²) in [7, 11) is -3.66. The lowest BCUT2D eigenvalue weighted by Gasteiger charge is -2.38. The van der Waals surface area contributed by atoms with E-state index in [2.05, 4.69) is 16.0 Å². The van der Waals surface area contributed by atoms with Gasteiger partial charge in [0.15, 0.2) is 9.84 Å². The molecule has 1 aliphatic heterocycles. The molecule has 2 heterocycles. The van der Waals surface area contributed by atoms with Crippen molar-refractivity contribution in [2.75, 3.05) is 42.2 Å². The van der Waals surface area contributed by atoms with E-state index in [0.29, 0.717) is 37.4 Å². The largest absolute Gasteiger partial charge is 0.367 e. The fourth-order valence-corrected chi connectivity index (χ4v) is 4.81. The van der Waals surface area contributed by atoms with E-state index in [1.165, 1.54) is 12.1 Å². The van der Waals surface area contributed by atoms with Crippen LogP contribution in [0.5, 0.6) is 0 Å². The summed E-state index contributed by atoms with van der Waals surface area (Å²) in [5.74, 6) is 0. The lowest BCUT2D eigenvalue weighted by Crippen LogP contribution is -2.47. The van der Waals surface area contributed by atoms with Crippen molar-refractivity contribution in [3.8, 4) is 6.07 Å². The summed E-state index contributed by atoms with van der Waals surface area (Å²) >= 11 is 0. The van der Waals surface area contributed by atoms with Gasteiger partial charge in [0.25, 0.3) is 5.69 Å². The SMILES string of the molecule is CS(=O)(=O)c1cc([N+](=O)[O-])ccc1N1CCN(c2c(C#N)cnc3ccccc23)CC1. The highest BCUT2D eigenvalue weighted by Gasteiger charge is 2.26. The normalized spacial score (nSPS) is 14.5. The van der Waals surface area contributed by atoms with Crippen molar-refractivity contribution in [3.05, 3.63) is 64.3 Å². The number of anilines is 2. The number of piperazine rings is 1. The zero-order valence-corrected chi connectivity index (χ0v) is 17.5. The Kier molecular flexibility index (Phi) is 5.20. The molecule has 0 radical (unpaired) electrons. The van der Waals surface area contributed by atoms with Crippen LogP contribution in [0.3, 0.4) is 0 Å². The van der Waals surface area contributed by atoms with Gasteiger partial charge in [0.05, 0.1) is 32.3 Å². The molecule has 0 amide bonds. The molecule has 0 bridgehead atoms. The number of nitrogens with zero attached hydrogens (tertiary/aromatic N) is 5. The predicted molar refractivity (Wildman–Crippen MR) is 117 cm³/mol. The van der Waals surface area contributed by atoms with Gasteiger partial charge in [-0.25, -0.2) is 8.42 Å². The standard InChI is InChI=1S/C21H19N5O4S/c1-31(29,30)20-12-16(26(27)28)6-7-19(20)24-8-10-25(11-9-24)21-15(13-22)14-23-18-5-3-2-4-17(18)21/h2-7,12,14H,8-11H2,1H3. The number of aromatic nitrogens is 1. The Morgan fingerprint density at radius 1 is 1.10 bits per heavy atom. The Bertz CT molecular complexity index is 1330. The maximum atomic E-state index is 12.3. The molecule has 2 aromatic carbocycles. The van der Waals surface area contributed by atoms with Crippen LogP contribution in [-0.2, 0) is 9.84 Å². The summed E-state index contributed by atoms with van der Waals surface area (Å²) in [5.41, 5.74) is 2.30. The van der Waals surface area contributed by atoms with Crippen LogP contribution < -0.4 is 9.80 Å². The number of hydrogen-bond acceptors (Lipinski definition) is 8. The number of fused-ring (bicyclic) bond motifs is 1. The maximum Gasteiger partial charge on any atom is 0.270 e. The van der Waals surface area contributed by atoms with Gasteiger partial charge >= 0.3 is 0 Å². The van der Waals surface area contributed by atoms with Crippen molar-refractivity contribution in [3.63, 3.8) is 0 Å². The number of nitro benzene ring substituents is 1. The fraction of sp³-hybridized carbons (Fsp3) is 0.238. The van der Waals surface area contributed by atoms with Gasteiger partial charge in [-0.15, -0.1) is 0 Å². The minimum atomic E-state index is -3.66. The monoisotopic (exact) mass is 437 g/mol. The zero-order valence-electron chi connectivity index (χ0n) is 16.7. The van der Waals surface area contributed by atoms with Gasteiger partial charge < -0.3 is 9.80 Å². The van der Waals surface area contributed by atoms with Crippen molar-refractivity contribution in [2.45, 2.75) is 4.90 Å². The molecule has 10 heteroatoms. The number of nitro groups is 1. The first-order chi connectivity index (χ1) is 14.8.